The summed E-state index contributed by atoms with van der Waals surface area (Å²) >= 11 is 1.13. The van der Waals surface area contributed by atoms with Gasteiger partial charge in [-0.2, -0.15) is 0 Å². The maximum atomic E-state index is 12.0. The molecule has 0 saturated heterocycles. The molecule has 0 fully saturated rings. The van der Waals surface area contributed by atoms with Crippen molar-refractivity contribution in [3.8, 4) is 0 Å². The van der Waals surface area contributed by atoms with E-state index in [9.17, 15) is 14.4 Å². The molecule has 6 nitrogen and oxygen atoms in total. The van der Waals surface area contributed by atoms with E-state index >= 15 is 0 Å². The van der Waals surface area contributed by atoms with Crippen molar-refractivity contribution < 1.29 is 9.59 Å². The van der Waals surface area contributed by atoms with Crippen molar-refractivity contribution in [3.05, 3.63) is 55.1 Å². The average molecular weight is 305 g/mol. The fourth-order valence-corrected chi connectivity index (χ4v) is 2.75. The molecule has 2 amide bonds. The van der Waals surface area contributed by atoms with E-state index in [0.717, 1.165) is 22.6 Å². The van der Waals surface area contributed by atoms with Crippen LogP contribution in [0.1, 0.15) is 36.9 Å². The molecule has 21 heavy (non-hydrogen) atoms. The van der Waals surface area contributed by atoms with Gasteiger partial charge >= 0.3 is 0 Å². The van der Waals surface area contributed by atoms with Crippen molar-refractivity contribution in [2.45, 2.75) is 20.4 Å². The highest BCUT2D eigenvalue weighted by molar-refractivity contribution is 7.12. The zero-order valence-corrected chi connectivity index (χ0v) is 12.5. The third-order valence-corrected chi connectivity index (χ3v) is 3.96. The number of primary amides is 1. The van der Waals surface area contributed by atoms with Crippen molar-refractivity contribution in [2.24, 2.45) is 5.73 Å². The first-order valence-electron chi connectivity index (χ1n) is 6.24. The number of amides is 2. The summed E-state index contributed by atoms with van der Waals surface area (Å²) in [6, 6.07) is 3.29. The van der Waals surface area contributed by atoms with Crippen molar-refractivity contribution >= 4 is 23.2 Å². The summed E-state index contributed by atoms with van der Waals surface area (Å²) in [5.74, 6) is -0.914. The van der Waals surface area contributed by atoms with E-state index < -0.39 is 5.91 Å². The Balaban J connectivity index is 2.11. The quantitative estimate of drug-likeness (QED) is 0.787. The summed E-state index contributed by atoms with van der Waals surface area (Å²) in [7, 11) is 0. The summed E-state index contributed by atoms with van der Waals surface area (Å²) in [4.78, 5) is 37.9. The first-order valence-corrected chi connectivity index (χ1v) is 7.12. The van der Waals surface area contributed by atoms with Crippen LogP contribution in [-0.4, -0.2) is 16.8 Å². The fraction of sp³-hybridized carbons (Fsp3) is 0.214. The van der Waals surface area contributed by atoms with Gasteiger partial charge in [0.2, 0.25) is 5.91 Å². The standard InChI is InChI=1S/C14H15N3O3S/c1-7-3-8(2)17-13(19)10(7)5-16-14(20)11-4-9(6-21-11)12(15)18/h3-4,6H,5H2,1-2H3,(H2,15,18)(H,16,20)(H,17,19). The second kappa shape index (κ2) is 5.92. The number of aryl methyl sites for hydroxylation is 2. The summed E-state index contributed by atoms with van der Waals surface area (Å²) < 4.78 is 0. The minimum Gasteiger partial charge on any atom is -0.366 e. The molecular formula is C14H15N3O3S. The molecule has 2 rings (SSSR count). The van der Waals surface area contributed by atoms with Gasteiger partial charge in [-0.1, -0.05) is 0 Å². The number of pyridine rings is 1. The Morgan fingerprint density at radius 2 is 2.05 bits per heavy atom. The zero-order chi connectivity index (χ0) is 15.6. The molecule has 0 aliphatic carbocycles. The molecule has 0 unspecified atom stereocenters. The van der Waals surface area contributed by atoms with Gasteiger partial charge in [0.25, 0.3) is 11.5 Å². The molecule has 0 aliphatic heterocycles. The maximum Gasteiger partial charge on any atom is 0.261 e. The monoisotopic (exact) mass is 305 g/mol. The van der Waals surface area contributed by atoms with Gasteiger partial charge in [-0.3, -0.25) is 14.4 Å². The lowest BCUT2D eigenvalue weighted by Gasteiger charge is -2.07. The van der Waals surface area contributed by atoms with Gasteiger partial charge < -0.3 is 16.0 Å². The lowest BCUT2D eigenvalue weighted by molar-refractivity contribution is 0.0954. The molecule has 0 spiro atoms. The molecule has 2 heterocycles. The highest BCUT2D eigenvalue weighted by atomic mass is 32.1. The second-order valence-electron chi connectivity index (χ2n) is 4.69. The largest absolute Gasteiger partial charge is 0.366 e. The SMILES string of the molecule is Cc1cc(C)c(CNC(=O)c2cc(C(N)=O)cs2)c(=O)[nH]1. The van der Waals surface area contributed by atoms with E-state index in [-0.39, 0.29) is 18.0 Å². The molecule has 2 aromatic heterocycles. The predicted molar refractivity (Wildman–Crippen MR) is 80.5 cm³/mol. The van der Waals surface area contributed by atoms with E-state index in [1.165, 1.54) is 11.4 Å². The molecule has 0 atom stereocenters. The number of hydrogen-bond acceptors (Lipinski definition) is 4. The first-order chi connectivity index (χ1) is 9.88. The van der Waals surface area contributed by atoms with Crippen molar-refractivity contribution in [1.29, 1.82) is 0 Å². The number of carbonyl (C=O) groups excluding carboxylic acids is 2. The summed E-state index contributed by atoms with van der Waals surface area (Å²) in [6.45, 7) is 3.75. The van der Waals surface area contributed by atoms with Gasteiger partial charge in [-0.25, -0.2) is 0 Å². The fourth-order valence-electron chi connectivity index (χ4n) is 1.94. The Morgan fingerprint density at radius 1 is 1.33 bits per heavy atom. The topological polar surface area (TPSA) is 105 Å². The maximum absolute atomic E-state index is 12.0. The third-order valence-electron chi connectivity index (χ3n) is 3.03. The van der Waals surface area contributed by atoms with Crippen LogP contribution in [0.4, 0.5) is 0 Å². The molecular weight excluding hydrogens is 290 g/mol. The third kappa shape index (κ3) is 3.38. The number of aromatic amines is 1. The molecule has 110 valence electrons. The van der Waals surface area contributed by atoms with E-state index in [4.69, 9.17) is 5.73 Å². The zero-order valence-electron chi connectivity index (χ0n) is 11.6. The van der Waals surface area contributed by atoms with Crippen LogP contribution in [-0.2, 0) is 6.54 Å². The Bertz CT molecular complexity index is 761. The van der Waals surface area contributed by atoms with Crippen LogP contribution in [0.25, 0.3) is 0 Å². The lowest BCUT2D eigenvalue weighted by atomic mass is 10.1. The highest BCUT2D eigenvalue weighted by Gasteiger charge is 2.13. The number of thiophene rings is 1. The Kier molecular flexibility index (Phi) is 4.23. The van der Waals surface area contributed by atoms with Crippen LogP contribution in [0, 0.1) is 13.8 Å². The lowest BCUT2D eigenvalue weighted by Crippen LogP contribution is -2.27. The first kappa shape index (κ1) is 15.0. The van der Waals surface area contributed by atoms with E-state index in [1.807, 2.05) is 13.0 Å². The van der Waals surface area contributed by atoms with E-state index in [2.05, 4.69) is 10.3 Å². The van der Waals surface area contributed by atoms with Crippen molar-refractivity contribution in [1.82, 2.24) is 10.3 Å². The molecule has 0 radical (unpaired) electrons. The highest BCUT2D eigenvalue weighted by Crippen LogP contribution is 2.14. The molecule has 4 N–H and O–H groups in total. The smallest absolute Gasteiger partial charge is 0.261 e. The van der Waals surface area contributed by atoms with Gasteiger partial charge in [-0.05, 0) is 31.5 Å². The van der Waals surface area contributed by atoms with Crippen LogP contribution >= 0.6 is 11.3 Å². The summed E-state index contributed by atoms with van der Waals surface area (Å²) in [5.41, 5.74) is 7.34. The number of H-pyrrole nitrogens is 1. The van der Waals surface area contributed by atoms with E-state index in [0.29, 0.717) is 16.0 Å². The van der Waals surface area contributed by atoms with Gasteiger partial charge in [0.05, 0.1) is 10.4 Å². The van der Waals surface area contributed by atoms with Gasteiger partial charge in [0.15, 0.2) is 0 Å². The van der Waals surface area contributed by atoms with Crippen LogP contribution in [0.15, 0.2) is 22.3 Å². The van der Waals surface area contributed by atoms with Crippen LogP contribution in [0.2, 0.25) is 0 Å². The Labute approximate surface area is 125 Å². The van der Waals surface area contributed by atoms with Gasteiger partial charge in [-0.15, -0.1) is 11.3 Å². The summed E-state index contributed by atoms with van der Waals surface area (Å²) in [5, 5.41) is 4.20. The molecule has 0 aliphatic rings. The normalized spacial score (nSPS) is 10.4. The minimum atomic E-state index is -0.573. The van der Waals surface area contributed by atoms with Crippen molar-refractivity contribution in [3.63, 3.8) is 0 Å². The molecule has 7 heteroatoms. The molecule has 0 bridgehead atoms. The number of hydrogen-bond donors (Lipinski definition) is 3. The Morgan fingerprint density at radius 3 is 2.62 bits per heavy atom. The minimum absolute atomic E-state index is 0.129. The van der Waals surface area contributed by atoms with Crippen molar-refractivity contribution in [2.75, 3.05) is 0 Å². The van der Waals surface area contributed by atoms with Gasteiger partial charge in [0.1, 0.15) is 0 Å². The number of nitrogens with one attached hydrogen (secondary N) is 2. The number of carbonyl (C=O) groups is 2. The second-order valence-corrected chi connectivity index (χ2v) is 5.60. The molecule has 0 saturated carbocycles. The van der Waals surface area contributed by atoms with Crippen LogP contribution < -0.4 is 16.6 Å². The average Bonchev–Trinajstić information content (AvgIpc) is 2.86. The number of nitrogens with two attached hydrogens (primary N) is 1. The molecule has 0 aromatic carbocycles. The summed E-state index contributed by atoms with van der Waals surface area (Å²) in [6.07, 6.45) is 0. The van der Waals surface area contributed by atoms with Gasteiger partial charge in [0, 0.05) is 23.2 Å². The predicted octanol–water partition coefficient (Wildman–Crippen LogP) is 1.08. The number of rotatable bonds is 4. The molecule has 2 aromatic rings. The van der Waals surface area contributed by atoms with Crippen LogP contribution in [0.3, 0.4) is 0 Å². The van der Waals surface area contributed by atoms with Crippen LogP contribution in [0.5, 0.6) is 0 Å². The Hall–Kier alpha value is -2.41. The number of aromatic nitrogens is 1. The van der Waals surface area contributed by atoms with E-state index in [1.54, 1.807) is 6.92 Å².